The fourth-order valence-corrected chi connectivity index (χ4v) is 1.45. The molecular weight excluding hydrogens is 176 g/mol. The molecule has 1 saturated heterocycles. The van der Waals surface area contributed by atoms with E-state index in [0.29, 0.717) is 0 Å². The van der Waals surface area contributed by atoms with Crippen LogP contribution in [-0.2, 0) is 9.47 Å². The zero-order valence-corrected chi connectivity index (χ0v) is 7.97. The molecule has 0 aliphatic carbocycles. The predicted octanol–water partition coefficient (Wildman–Crippen LogP) is -1.15. The summed E-state index contributed by atoms with van der Waals surface area (Å²) in [5.41, 5.74) is -1.58. The number of hydrogen-bond donors (Lipinski definition) is 3. The van der Waals surface area contributed by atoms with Crippen LogP contribution in [-0.4, -0.2) is 52.6 Å². The van der Waals surface area contributed by atoms with E-state index in [2.05, 4.69) is 0 Å². The molecule has 0 radical (unpaired) electrons. The van der Waals surface area contributed by atoms with E-state index in [4.69, 9.17) is 9.47 Å². The fraction of sp³-hybridized carbons (Fsp3) is 1.00. The lowest BCUT2D eigenvalue weighted by molar-refractivity contribution is -0.323. The minimum Gasteiger partial charge on any atom is -0.388 e. The van der Waals surface area contributed by atoms with Crippen LogP contribution >= 0.6 is 0 Å². The summed E-state index contributed by atoms with van der Waals surface area (Å²) in [6.07, 6.45) is -3.83. The number of hydrogen-bond acceptors (Lipinski definition) is 5. The van der Waals surface area contributed by atoms with Gasteiger partial charge in [0.25, 0.3) is 0 Å². The van der Waals surface area contributed by atoms with Crippen LogP contribution in [0.15, 0.2) is 0 Å². The molecule has 1 rings (SSSR count). The molecule has 0 amide bonds. The molecule has 0 aromatic heterocycles. The molecule has 0 spiro atoms. The first-order chi connectivity index (χ1) is 5.91. The summed E-state index contributed by atoms with van der Waals surface area (Å²) in [5.74, 6) is 0. The van der Waals surface area contributed by atoms with E-state index in [-0.39, 0.29) is 0 Å². The molecule has 5 heteroatoms. The molecule has 0 aromatic carbocycles. The number of aliphatic hydroxyl groups excluding tert-OH is 2. The van der Waals surface area contributed by atoms with Crippen LogP contribution in [0.25, 0.3) is 0 Å². The highest BCUT2D eigenvalue weighted by atomic mass is 16.7. The molecule has 0 unspecified atom stereocenters. The van der Waals surface area contributed by atoms with Crippen molar-refractivity contribution >= 4 is 0 Å². The molecule has 78 valence electrons. The monoisotopic (exact) mass is 192 g/mol. The Hall–Kier alpha value is -0.200. The van der Waals surface area contributed by atoms with Gasteiger partial charge >= 0.3 is 0 Å². The molecule has 1 aliphatic heterocycles. The van der Waals surface area contributed by atoms with Crippen molar-refractivity contribution in [3.8, 4) is 0 Å². The largest absolute Gasteiger partial charge is 0.388 e. The standard InChI is InChI=1S/C8H16O5/c1-4-5(9)6(10)8(2,11)7(12-3)13-4/h4-7,9-11H,1-3H3/t4-,5+,6+,7-,8-/m0/s1. The van der Waals surface area contributed by atoms with Gasteiger partial charge in [-0.05, 0) is 13.8 Å². The molecule has 0 aromatic rings. The summed E-state index contributed by atoms with van der Waals surface area (Å²) in [7, 11) is 1.37. The van der Waals surface area contributed by atoms with E-state index in [1.165, 1.54) is 14.0 Å². The van der Waals surface area contributed by atoms with Gasteiger partial charge in [-0.2, -0.15) is 0 Å². The maximum Gasteiger partial charge on any atom is 0.188 e. The summed E-state index contributed by atoms with van der Waals surface area (Å²) in [6.45, 7) is 2.97. The molecule has 1 heterocycles. The van der Waals surface area contributed by atoms with E-state index in [1.54, 1.807) is 6.92 Å². The molecular formula is C8H16O5. The molecule has 3 N–H and O–H groups in total. The summed E-state index contributed by atoms with van der Waals surface area (Å²) >= 11 is 0. The third kappa shape index (κ3) is 1.70. The topological polar surface area (TPSA) is 79.2 Å². The van der Waals surface area contributed by atoms with E-state index in [1.807, 2.05) is 0 Å². The quantitative estimate of drug-likeness (QED) is 0.489. The van der Waals surface area contributed by atoms with Gasteiger partial charge in [-0.15, -0.1) is 0 Å². The number of methoxy groups -OCH3 is 1. The maximum absolute atomic E-state index is 9.73. The Balaban J connectivity index is 2.82. The van der Waals surface area contributed by atoms with Crippen LogP contribution in [0.2, 0.25) is 0 Å². The highest BCUT2D eigenvalue weighted by Gasteiger charge is 2.50. The summed E-state index contributed by atoms with van der Waals surface area (Å²) < 4.78 is 10.0. The Morgan fingerprint density at radius 1 is 1.38 bits per heavy atom. The lowest BCUT2D eigenvalue weighted by atomic mass is 9.89. The van der Waals surface area contributed by atoms with Crippen LogP contribution in [0.1, 0.15) is 13.8 Å². The lowest BCUT2D eigenvalue weighted by Gasteiger charge is -2.44. The number of ether oxygens (including phenoxy) is 2. The minimum atomic E-state index is -1.58. The summed E-state index contributed by atoms with van der Waals surface area (Å²) in [4.78, 5) is 0. The van der Waals surface area contributed by atoms with Gasteiger partial charge in [-0.3, -0.25) is 0 Å². The zero-order chi connectivity index (χ0) is 10.2. The van der Waals surface area contributed by atoms with Crippen LogP contribution in [0, 0.1) is 0 Å². The average molecular weight is 192 g/mol. The van der Waals surface area contributed by atoms with Gasteiger partial charge in [-0.25, -0.2) is 0 Å². The molecule has 1 fully saturated rings. The van der Waals surface area contributed by atoms with Gasteiger partial charge < -0.3 is 24.8 Å². The van der Waals surface area contributed by atoms with E-state index >= 15 is 0 Å². The van der Waals surface area contributed by atoms with Gasteiger partial charge in [0.2, 0.25) is 0 Å². The molecule has 0 bridgehead atoms. The second kappa shape index (κ2) is 3.51. The predicted molar refractivity (Wildman–Crippen MR) is 44.0 cm³/mol. The van der Waals surface area contributed by atoms with Crippen LogP contribution in [0.4, 0.5) is 0 Å². The molecule has 0 saturated carbocycles. The Labute approximate surface area is 76.9 Å². The third-order valence-corrected chi connectivity index (χ3v) is 2.43. The first-order valence-corrected chi connectivity index (χ1v) is 4.18. The molecule has 13 heavy (non-hydrogen) atoms. The maximum atomic E-state index is 9.73. The first-order valence-electron chi connectivity index (χ1n) is 4.18. The van der Waals surface area contributed by atoms with Crippen LogP contribution in [0.3, 0.4) is 0 Å². The van der Waals surface area contributed by atoms with Gasteiger partial charge in [0.05, 0.1) is 6.10 Å². The second-order valence-corrected chi connectivity index (χ2v) is 3.57. The smallest absolute Gasteiger partial charge is 0.188 e. The third-order valence-electron chi connectivity index (χ3n) is 2.43. The zero-order valence-electron chi connectivity index (χ0n) is 7.97. The summed E-state index contributed by atoms with van der Waals surface area (Å²) in [6, 6.07) is 0. The van der Waals surface area contributed by atoms with Crippen LogP contribution in [0.5, 0.6) is 0 Å². The van der Waals surface area contributed by atoms with Gasteiger partial charge in [0.15, 0.2) is 6.29 Å². The normalized spacial score (nSPS) is 52.2. The first kappa shape index (κ1) is 10.9. The molecule has 5 atom stereocenters. The van der Waals surface area contributed by atoms with E-state index in [0.717, 1.165) is 0 Å². The fourth-order valence-electron chi connectivity index (χ4n) is 1.45. The highest BCUT2D eigenvalue weighted by molar-refractivity contribution is 4.96. The average Bonchev–Trinajstić information content (AvgIpc) is 2.08. The van der Waals surface area contributed by atoms with Crippen molar-refractivity contribution < 1.29 is 24.8 Å². The number of aliphatic hydroxyl groups is 3. The van der Waals surface area contributed by atoms with E-state index < -0.39 is 30.2 Å². The second-order valence-electron chi connectivity index (χ2n) is 3.57. The van der Waals surface area contributed by atoms with Gasteiger partial charge in [0.1, 0.15) is 17.8 Å². The van der Waals surface area contributed by atoms with Crippen molar-refractivity contribution in [1.29, 1.82) is 0 Å². The molecule has 5 nitrogen and oxygen atoms in total. The van der Waals surface area contributed by atoms with Crippen molar-refractivity contribution in [3.05, 3.63) is 0 Å². The van der Waals surface area contributed by atoms with Crippen molar-refractivity contribution in [2.75, 3.05) is 7.11 Å². The highest BCUT2D eigenvalue weighted by Crippen LogP contribution is 2.29. The Morgan fingerprint density at radius 3 is 2.38 bits per heavy atom. The van der Waals surface area contributed by atoms with Crippen LogP contribution < -0.4 is 0 Å². The minimum absolute atomic E-state index is 0.555. The van der Waals surface area contributed by atoms with Crippen molar-refractivity contribution in [1.82, 2.24) is 0 Å². The van der Waals surface area contributed by atoms with Gasteiger partial charge in [-0.1, -0.05) is 0 Å². The molecule has 1 aliphatic rings. The Kier molecular flexibility index (Phi) is 2.94. The SMILES string of the molecule is CO[C@H]1O[C@@H](C)[C@@H](O)[C@@H](O)[C@]1(C)O. The van der Waals surface area contributed by atoms with Crippen molar-refractivity contribution in [2.24, 2.45) is 0 Å². The summed E-state index contributed by atoms with van der Waals surface area (Å²) in [5, 5.41) is 28.7. The van der Waals surface area contributed by atoms with Gasteiger partial charge in [0, 0.05) is 7.11 Å². The lowest BCUT2D eigenvalue weighted by Crippen LogP contribution is -2.64. The van der Waals surface area contributed by atoms with Crippen molar-refractivity contribution in [2.45, 2.75) is 44.1 Å². The Bertz CT molecular complexity index is 177. The van der Waals surface area contributed by atoms with E-state index in [9.17, 15) is 15.3 Å². The number of rotatable bonds is 1. The van der Waals surface area contributed by atoms with Crippen molar-refractivity contribution in [3.63, 3.8) is 0 Å². The Morgan fingerprint density at radius 2 is 1.92 bits per heavy atom.